The molecule has 1 aromatic carbocycles. The van der Waals surface area contributed by atoms with Crippen LogP contribution in [0, 0.1) is 16.5 Å². The summed E-state index contributed by atoms with van der Waals surface area (Å²) in [5.74, 6) is 0.359. The largest absolute Gasteiger partial charge is 0.356 e. The number of hydrogen-bond donors (Lipinski definition) is 3. The average Bonchev–Trinajstić information content (AvgIpc) is 3.09. The second-order valence-electron chi connectivity index (χ2n) is 7.38. The molecular formula is C19H23FN6O2S. The summed E-state index contributed by atoms with van der Waals surface area (Å²) in [6.45, 7) is 2.72. The third kappa shape index (κ3) is 4.08. The molecule has 3 aromatic rings. The monoisotopic (exact) mass is 418 g/mol. The van der Waals surface area contributed by atoms with Crippen LogP contribution in [0.15, 0.2) is 23.0 Å². The molecular weight excluding hydrogens is 395 g/mol. The molecule has 154 valence electrons. The molecule has 0 radical (unpaired) electrons. The molecule has 1 aliphatic heterocycles. The van der Waals surface area contributed by atoms with Crippen molar-refractivity contribution < 1.29 is 9.18 Å². The van der Waals surface area contributed by atoms with Gasteiger partial charge in [-0.15, -0.1) is 5.10 Å². The molecule has 2 aromatic heterocycles. The van der Waals surface area contributed by atoms with E-state index >= 15 is 0 Å². The third-order valence-corrected chi connectivity index (χ3v) is 5.66. The Morgan fingerprint density at radius 3 is 2.93 bits per heavy atom. The van der Waals surface area contributed by atoms with Crippen LogP contribution in [0.1, 0.15) is 25.7 Å². The lowest BCUT2D eigenvalue weighted by atomic mass is 9.94. The van der Waals surface area contributed by atoms with Crippen LogP contribution in [0.2, 0.25) is 0 Å². The fourth-order valence-electron chi connectivity index (χ4n) is 3.88. The van der Waals surface area contributed by atoms with Gasteiger partial charge in [0.2, 0.25) is 16.5 Å². The Balaban J connectivity index is 1.47. The predicted molar refractivity (Wildman–Crippen MR) is 110 cm³/mol. The molecule has 0 saturated carbocycles. The minimum Gasteiger partial charge on any atom is -0.356 e. The summed E-state index contributed by atoms with van der Waals surface area (Å²) in [6, 6.07) is 4.02. The summed E-state index contributed by atoms with van der Waals surface area (Å²) in [4.78, 5) is 25.0. The molecule has 1 amide bonds. The SMILES string of the molecule is O=C(CC1CCNCC1)NCCCn1c(=O)c2cc(F)ccc2n2c(=S)[nH]nc12. The maximum Gasteiger partial charge on any atom is 0.262 e. The van der Waals surface area contributed by atoms with E-state index in [4.69, 9.17) is 12.2 Å². The van der Waals surface area contributed by atoms with E-state index in [0.717, 1.165) is 25.9 Å². The molecule has 1 saturated heterocycles. The van der Waals surface area contributed by atoms with E-state index in [9.17, 15) is 14.0 Å². The first-order valence-corrected chi connectivity index (χ1v) is 10.2. The molecule has 3 heterocycles. The zero-order valence-electron chi connectivity index (χ0n) is 15.9. The summed E-state index contributed by atoms with van der Waals surface area (Å²) in [7, 11) is 0. The Labute approximate surface area is 171 Å². The number of carbonyl (C=O) groups is 1. The number of piperidine rings is 1. The smallest absolute Gasteiger partial charge is 0.262 e. The van der Waals surface area contributed by atoms with Crippen LogP contribution in [-0.2, 0) is 11.3 Å². The maximum atomic E-state index is 13.7. The zero-order chi connectivity index (χ0) is 20.4. The Morgan fingerprint density at radius 1 is 1.34 bits per heavy atom. The molecule has 0 atom stereocenters. The Morgan fingerprint density at radius 2 is 2.14 bits per heavy atom. The van der Waals surface area contributed by atoms with Crippen molar-refractivity contribution >= 4 is 34.8 Å². The number of hydrogen-bond acceptors (Lipinski definition) is 5. The van der Waals surface area contributed by atoms with Crippen LogP contribution in [0.4, 0.5) is 4.39 Å². The molecule has 0 bridgehead atoms. The van der Waals surface area contributed by atoms with Crippen molar-refractivity contribution in [3.63, 3.8) is 0 Å². The van der Waals surface area contributed by atoms with E-state index in [-0.39, 0.29) is 16.9 Å². The first-order chi connectivity index (χ1) is 14.0. The van der Waals surface area contributed by atoms with Crippen LogP contribution in [0.5, 0.6) is 0 Å². The number of aromatic nitrogens is 4. The van der Waals surface area contributed by atoms with Crippen LogP contribution in [0.25, 0.3) is 16.7 Å². The van der Waals surface area contributed by atoms with Gasteiger partial charge in [-0.2, -0.15) is 0 Å². The number of aromatic amines is 1. The maximum absolute atomic E-state index is 13.7. The van der Waals surface area contributed by atoms with Gasteiger partial charge < -0.3 is 10.6 Å². The van der Waals surface area contributed by atoms with Crippen molar-refractivity contribution in [2.24, 2.45) is 5.92 Å². The highest BCUT2D eigenvalue weighted by Crippen LogP contribution is 2.16. The predicted octanol–water partition coefficient (Wildman–Crippen LogP) is 1.74. The molecule has 0 spiro atoms. The molecule has 10 heteroatoms. The van der Waals surface area contributed by atoms with Gasteiger partial charge in [-0.3, -0.25) is 18.6 Å². The van der Waals surface area contributed by atoms with E-state index in [1.165, 1.54) is 22.8 Å². The van der Waals surface area contributed by atoms with Gasteiger partial charge in [-0.05, 0) is 68.7 Å². The number of nitrogens with one attached hydrogen (secondary N) is 3. The van der Waals surface area contributed by atoms with E-state index in [0.29, 0.717) is 47.9 Å². The Bertz CT molecular complexity index is 1160. The van der Waals surface area contributed by atoms with Crippen LogP contribution in [0.3, 0.4) is 0 Å². The summed E-state index contributed by atoms with van der Waals surface area (Å²) in [5.41, 5.74) is 0.179. The van der Waals surface area contributed by atoms with Crippen LogP contribution in [-0.4, -0.2) is 44.7 Å². The summed E-state index contributed by atoms with van der Waals surface area (Å²) < 4.78 is 17.1. The molecule has 1 aliphatic rings. The number of rotatable bonds is 6. The van der Waals surface area contributed by atoms with Crippen LogP contribution >= 0.6 is 12.2 Å². The molecule has 29 heavy (non-hydrogen) atoms. The van der Waals surface area contributed by atoms with E-state index in [1.54, 1.807) is 4.40 Å². The van der Waals surface area contributed by atoms with Crippen molar-refractivity contribution in [2.45, 2.75) is 32.2 Å². The average molecular weight is 418 g/mol. The number of fused-ring (bicyclic) bond motifs is 3. The molecule has 0 aliphatic carbocycles. The number of benzene rings is 1. The lowest BCUT2D eigenvalue weighted by Crippen LogP contribution is -2.33. The molecule has 0 unspecified atom stereocenters. The van der Waals surface area contributed by atoms with Crippen molar-refractivity contribution in [2.75, 3.05) is 19.6 Å². The van der Waals surface area contributed by atoms with Gasteiger partial charge in [0.1, 0.15) is 5.82 Å². The van der Waals surface area contributed by atoms with Gasteiger partial charge in [0.25, 0.3) is 5.56 Å². The Hall–Kier alpha value is -2.59. The lowest BCUT2D eigenvalue weighted by Gasteiger charge is -2.21. The molecule has 1 fully saturated rings. The first-order valence-electron chi connectivity index (χ1n) is 9.81. The molecule has 3 N–H and O–H groups in total. The number of H-pyrrole nitrogens is 1. The van der Waals surface area contributed by atoms with E-state index in [2.05, 4.69) is 20.8 Å². The normalized spacial score (nSPS) is 15.2. The van der Waals surface area contributed by atoms with Crippen molar-refractivity contribution in [3.05, 3.63) is 39.1 Å². The van der Waals surface area contributed by atoms with E-state index < -0.39 is 5.82 Å². The molecule has 4 rings (SSSR count). The van der Waals surface area contributed by atoms with Crippen molar-refractivity contribution in [3.8, 4) is 0 Å². The highest BCUT2D eigenvalue weighted by atomic mass is 32.1. The number of amides is 1. The van der Waals surface area contributed by atoms with Gasteiger partial charge in [-0.1, -0.05) is 0 Å². The topological polar surface area (TPSA) is 96.2 Å². The highest BCUT2D eigenvalue weighted by Gasteiger charge is 2.17. The zero-order valence-corrected chi connectivity index (χ0v) is 16.7. The van der Waals surface area contributed by atoms with Gasteiger partial charge in [-0.25, -0.2) is 9.49 Å². The van der Waals surface area contributed by atoms with Gasteiger partial charge in [0, 0.05) is 19.5 Å². The summed E-state index contributed by atoms with van der Waals surface area (Å²) >= 11 is 5.27. The second-order valence-corrected chi connectivity index (χ2v) is 7.77. The van der Waals surface area contributed by atoms with Gasteiger partial charge in [0.15, 0.2) is 0 Å². The number of carbonyl (C=O) groups excluding carboxylic acids is 1. The van der Waals surface area contributed by atoms with Crippen LogP contribution < -0.4 is 16.2 Å². The fourth-order valence-corrected chi connectivity index (χ4v) is 4.11. The number of aryl methyl sites for hydroxylation is 1. The number of halogens is 1. The van der Waals surface area contributed by atoms with Crippen molar-refractivity contribution in [1.29, 1.82) is 0 Å². The molecule has 8 nitrogen and oxygen atoms in total. The lowest BCUT2D eigenvalue weighted by molar-refractivity contribution is -0.122. The first kappa shape index (κ1) is 19.7. The second kappa shape index (κ2) is 8.42. The quantitative estimate of drug-likeness (QED) is 0.419. The minimum absolute atomic E-state index is 0.0389. The Kier molecular flexibility index (Phi) is 5.72. The summed E-state index contributed by atoms with van der Waals surface area (Å²) in [5, 5.41) is 13.3. The minimum atomic E-state index is -0.485. The standard InChI is InChI=1S/C19H23FN6O2S/c20-13-2-3-15-14(11-13)17(28)25(18-23-24-19(29)26(15)18)9-1-6-22-16(27)10-12-4-7-21-8-5-12/h2-3,11-12,21H,1,4-10H2,(H,22,27)(H,24,29). The van der Waals surface area contributed by atoms with Crippen molar-refractivity contribution in [1.82, 2.24) is 29.8 Å². The van der Waals surface area contributed by atoms with Gasteiger partial charge in [0.05, 0.1) is 10.9 Å². The van der Waals surface area contributed by atoms with Gasteiger partial charge >= 0.3 is 0 Å². The summed E-state index contributed by atoms with van der Waals surface area (Å²) in [6.07, 6.45) is 3.13. The third-order valence-electron chi connectivity index (χ3n) is 5.38. The highest BCUT2D eigenvalue weighted by molar-refractivity contribution is 7.71. The fraction of sp³-hybridized carbons (Fsp3) is 0.474. The van der Waals surface area contributed by atoms with E-state index in [1.807, 2.05) is 0 Å². The number of nitrogens with zero attached hydrogens (tertiary/aromatic N) is 3.